The molecule has 34 heavy (non-hydrogen) atoms. The van der Waals surface area contributed by atoms with Crippen LogP contribution in [0, 0.1) is 13.8 Å². The Morgan fingerprint density at radius 2 is 1.47 bits per heavy atom. The minimum atomic E-state index is -4.04. The van der Waals surface area contributed by atoms with E-state index in [9.17, 15) is 13.2 Å². The Balaban J connectivity index is 1.78. The Bertz CT molecular complexity index is 1400. The number of hydrogen-bond acceptors (Lipinski definition) is 6. The lowest BCUT2D eigenvalue weighted by Gasteiger charge is -2.15. The van der Waals surface area contributed by atoms with Gasteiger partial charge in [-0.15, -0.1) is 0 Å². The van der Waals surface area contributed by atoms with E-state index >= 15 is 0 Å². The average molecular weight is 477 g/mol. The predicted molar refractivity (Wildman–Crippen MR) is 127 cm³/mol. The Labute approximate surface area is 198 Å². The summed E-state index contributed by atoms with van der Waals surface area (Å²) in [5.41, 5.74) is 1.69. The van der Waals surface area contributed by atoms with Gasteiger partial charge in [0.1, 0.15) is 5.75 Å². The topological polar surface area (TPSA) is 87.5 Å². The Morgan fingerprint density at radius 1 is 0.882 bits per heavy atom. The lowest BCUT2D eigenvalue weighted by atomic mass is 10.2. The average Bonchev–Trinajstić information content (AvgIpc) is 3.16. The van der Waals surface area contributed by atoms with Crippen molar-refractivity contribution in [1.82, 2.24) is 9.78 Å². The van der Waals surface area contributed by atoms with Gasteiger partial charge in [0.05, 0.1) is 16.3 Å². The van der Waals surface area contributed by atoms with Crippen molar-refractivity contribution in [2.24, 2.45) is 0 Å². The van der Waals surface area contributed by atoms with Crippen LogP contribution in [0.15, 0.2) is 94.7 Å². The summed E-state index contributed by atoms with van der Waals surface area (Å²) in [4.78, 5) is 12.9. The lowest BCUT2D eigenvalue weighted by Crippen LogP contribution is -2.29. The summed E-state index contributed by atoms with van der Waals surface area (Å²) < 4.78 is 39.9. The molecule has 1 atom stereocenters. The van der Waals surface area contributed by atoms with Gasteiger partial charge in [-0.05, 0) is 57.2 Å². The van der Waals surface area contributed by atoms with Crippen molar-refractivity contribution in [3.8, 4) is 17.3 Å². The molecule has 1 heterocycles. The van der Waals surface area contributed by atoms with Gasteiger partial charge >= 0.3 is 5.97 Å². The van der Waals surface area contributed by atoms with Crippen LogP contribution in [0.1, 0.15) is 18.2 Å². The number of carbonyl (C=O) groups is 1. The maximum Gasteiger partial charge on any atom is 0.353 e. The van der Waals surface area contributed by atoms with E-state index in [1.54, 1.807) is 74.5 Å². The molecule has 1 aromatic heterocycles. The zero-order chi connectivity index (χ0) is 24.3. The van der Waals surface area contributed by atoms with Crippen molar-refractivity contribution in [2.75, 3.05) is 0 Å². The third-order valence-electron chi connectivity index (χ3n) is 5.15. The molecule has 0 saturated heterocycles. The molecule has 0 spiro atoms. The van der Waals surface area contributed by atoms with Crippen molar-refractivity contribution in [2.45, 2.75) is 36.7 Å². The summed E-state index contributed by atoms with van der Waals surface area (Å²) in [5, 5.41) is 4.41. The molecule has 0 N–H and O–H groups in total. The highest BCUT2D eigenvalue weighted by Crippen LogP contribution is 2.35. The van der Waals surface area contributed by atoms with Crippen LogP contribution in [0.2, 0.25) is 0 Å². The number of para-hydroxylation sites is 2. The van der Waals surface area contributed by atoms with Gasteiger partial charge in [-0.25, -0.2) is 13.2 Å². The van der Waals surface area contributed by atoms with Gasteiger partial charge in [0.2, 0.25) is 15.7 Å². The highest BCUT2D eigenvalue weighted by Gasteiger charge is 2.33. The Morgan fingerprint density at radius 3 is 2.09 bits per heavy atom. The standard InChI is InChI=1S/C26H24N2O5S/c1-18-14-16-23(17-15-18)34(30,31)24-19(2)27-28(21-10-6-4-7-11-21)25(24)33-26(29)20(3)32-22-12-8-5-9-13-22/h4-17,20H,1-3H3/t20-/m1/s1. The van der Waals surface area contributed by atoms with Crippen LogP contribution in [0.4, 0.5) is 0 Å². The van der Waals surface area contributed by atoms with E-state index in [0.717, 1.165) is 5.56 Å². The first kappa shape index (κ1) is 23.3. The fraction of sp³-hybridized carbons (Fsp3) is 0.154. The molecule has 0 aliphatic rings. The van der Waals surface area contributed by atoms with Crippen LogP contribution in [0.5, 0.6) is 11.6 Å². The largest absolute Gasteiger partial charge is 0.479 e. The summed E-state index contributed by atoms with van der Waals surface area (Å²) in [7, 11) is -4.04. The molecule has 3 aromatic carbocycles. The number of carbonyl (C=O) groups excluding carboxylic acids is 1. The molecule has 7 nitrogen and oxygen atoms in total. The SMILES string of the molecule is Cc1ccc(S(=O)(=O)c2c(C)nn(-c3ccccc3)c2OC(=O)[C@@H](C)Oc2ccccc2)cc1. The molecule has 0 fully saturated rings. The summed E-state index contributed by atoms with van der Waals surface area (Å²) in [6.07, 6.45) is -0.989. The van der Waals surface area contributed by atoms with E-state index < -0.39 is 21.9 Å². The number of rotatable bonds is 7. The monoisotopic (exact) mass is 476 g/mol. The highest BCUT2D eigenvalue weighted by atomic mass is 32.2. The first-order valence-electron chi connectivity index (χ1n) is 10.7. The van der Waals surface area contributed by atoms with Crippen LogP contribution in [-0.4, -0.2) is 30.3 Å². The molecule has 174 valence electrons. The third-order valence-corrected chi connectivity index (χ3v) is 7.05. The first-order valence-corrected chi connectivity index (χ1v) is 12.2. The van der Waals surface area contributed by atoms with Crippen molar-refractivity contribution >= 4 is 15.8 Å². The normalized spacial score (nSPS) is 12.2. The molecule has 4 rings (SSSR count). The minimum absolute atomic E-state index is 0.0831. The third kappa shape index (κ3) is 4.72. The number of sulfone groups is 1. The van der Waals surface area contributed by atoms with Crippen LogP contribution in [-0.2, 0) is 14.6 Å². The number of aromatic nitrogens is 2. The van der Waals surface area contributed by atoms with Gasteiger partial charge in [-0.1, -0.05) is 54.1 Å². The minimum Gasteiger partial charge on any atom is -0.479 e. The number of hydrogen-bond donors (Lipinski definition) is 0. The van der Waals surface area contributed by atoms with E-state index in [-0.39, 0.29) is 21.4 Å². The maximum absolute atomic E-state index is 13.6. The van der Waals surface area contributed by atoms with E-state index in [4.69, 9.17) is 9.47 Å². The van der Waals surface area contributed by atoms with Gasteiger partial charge in [0.15, 0.2) is 11.0 Å². The van der Waals surface area contributed by atoms with Crippen LogP contribution in [0.25, 0.3) is 5.69 Å². The number of aryl methyl sites for hydroxylation is 2. The summed E-state index contributed by atoms with van der Waals surface area (Å²) in [6, 6.07) is 24.2. The number of esters is 1. The summed E-state index contributed by atoms with van der Waals surface area (Å²) in [5.74, 6) is -0.439. The Kier molecular flexibility index (Phi) is 6.51. The van der Waals surface area contributed by atoms with Crippen LogP contribution >= 0.6 is 0 Å². The number of benzene rings is 3. The molecule has 0 amide bonds. The first-order chi connectivity index (χ1) is 16.3. The second kappa shape index (κ2) is 9.52. The molecule has 8 heteroatoms. The summed E-state index contributed by atoms with van der Waals surface area (Å²) >= 11 is 0. The van der Waals surface area contributed by atoms with Crippen molar-refractivity contribution in [3.63, 3.8) is 0 Å². The van der Waals surface area contributed by atoms with E-state index in [2.05, 4.69) is 5.10 Å². The summed E-state index contributed by atoms with van der Waals surface area (Å²) in [6.45, 7) is 4.98. The molecule has 0 radical (unpaired) electrons. The molecular formula is C26H24N2O5S. The van der Waals surface area contributed by atoms with E-state index in [1.165, 1.54) is 16.8 Å². The van der Waals surface area contributed by atoms with Crippen molar-refractivity contribution < 1.29 is 22.7 Å². The van der Waals surface area contributed by atoms with Crippen LogP contribution in [0.3, 0.4) is 0 Å². The maximum atomic E-state index is 13.6. The molecule has 0 bridgehead atoms. The smallest absolute Gasteiger partial charge is 0.353 e. The molecule has 0 aliphatic carbocycles. The van der Waals surface area contributed by atoms with E-state index in [1.807, 2.05) is 19.1 Å². The molecular weight excluding hydrogens is 452 g/mol. The van der Waals surface area contributed by atoms with Gasteiger partial charge in [-0.2, -0.15) is 9.78 Å². The van der Waals surface area contributed by atoms with Crippen molar-refractivity contribution in [1.29, 1.82) is 0 Å². The van der Waals surface area contributed by atoms with Gasteiger partial charge in [-0.3, -0.25) is 0 Å². The fourth-order valence-corrected chi connectivity index (χ4v) is 4.92. The zero-order valence-electron chi connectivity index (χ0n) is 19.0. The van der Waals surface area contributed by atoms with E-state index in [0.29, 0.717) is 11.4 Å². The van der Waals surface area contributed by atoms with Gasteiger partial charge in [0, 0.05) is 0 Å². The second-order valence-corrected chi connectivity index (χ2v) is 9.66. The van der Waals surface area contributed by atoms with Crippen LogP contribution < -0.4 is 9.47 Å². The fourth-order valence-electron chi connectivity index (χ4n) is 3.40. The number of nitrogens with zero attached hydrogens (tertiary/aromatic N) is 2. The molecule has 4 aromatic rings. The van der Waals surface area contributed by atoms with Crippen molar-refractivity contribution in [3.05, 3.63) is 96.2 Å². The second-order valence-electron chi connectivity index (χ2n) is 7.78. The molecule has 0 aliphatic heterocycles. The Hall–Kier alpha value is -3.91. The van der Waals surface area contributed by atoms with Gasteiger partial charge in [0.25, 0.3) is 0 Å². The molecule has 0 unspecified atom stereocenters. The number of ether oxygens (including phenoxy) is 2. The predicted octanol–water partition coefficient (Wildman–Crippen LogP) is 4.69. The highest BCUT2D eigenvalue weighted by molar-refractivity contribution is 7.91. The lowest BCUT2D eigenvalue weighted by molar-refractivity contribution is -0.142. The molecule has 0 saturated carbocycles. The van der Waals surface area contributed by atoms with Gasteiger partial charge < -0.3 is 9.47 Å². The quantitative estimate of drug-likeness (QED) is 0.360. The zero-order valence-corrected chi connectivity index (χ0v) is 19.8.